The van der Waals surface area contributed by atoms with Crippen molar-refractivity contribution in [2.45, 2.75) is 0 Å². The Bertz CT molecular complexity index is 1420. The minimum absolute atomic E-state index is 0.0357. The molecule has 0 saturated heterocycles. The van der Waals surface area contributed by atoms with Crippen molar-refractivity contribution >= 4 is 40.1 Å². The molecule has 1 aliphatic rings. The number of carbonyl (C=O) groups is 3. The van der Waals surface area contributed by atoms with Crippen molar-refractivity contribution < 1.29 is 19.3 Å². The summed E-state index contributed by atoms with van der Waals surface area (Å²) in [5, 5.41) is 13.6. The first-order valence-corrected chi connectivity index (χ1v) is 9.90. The Balaban J connectivity index is 1.28. The van der Waals surface area contributed by atoms with Crippen LogP contribution in [0.1, 0.15) is 20.7 Å². The van der Waals surface area contributed by atoms with E-state index in [2.05, 4.69) is 15.3 Å². The van der Waals surface area contributed by atoms with E-state index < -0.39 is 29.2 Å². The first-order valence-electron chi connectivity index (χ1n) is 9.90. The van der Waals surface area contributed by atoms with E-state index in [-0.39, 0.29) is 16.8 Å². The molecule has 10 heteroatoms. The molecular weight excluding hydrogens is 426 g/mol. The highest BCUT2D eigenvalue weighted by atomic mass is 16.6. The molecule has 0 fully saturated rings. The van der Waals surface area contributed by atoms with Gasteiger partial charge in [-0.25, -0.2) is 4.98 Å². The molecule has 1 aliphatic heterocycles. The SMILES string of the molecule is O=C(CN1C(=O)c2ccc([N+](=O)[O-])cc2C1=O)Nc1ccc(-c2nc3ccccc3[nH]2)cc1. The van der Waals surface area contributed by atoms with Gasteiger partial charge in [-0.1, -0.05) is 12.1 Å². The van der Waals surface area contributed by atoms with Crippen molar-refractivity contribution in [3.05, 3.63) is 88.0 Å². The first kappa shape index (κ1) is 20.1. The Hall–Kier alpha value is -4.86. The third kappa shape index (κ3) is 3.59. The minimum atomic E-state index is -0.742. The van der Waals surface area contributed by atoms with Crippen molar-refractivity contribution in [1.82, 2.24) is 14.9 Å². The number of imide groups is 1. The zero-order chi connectivity index (χ0) is 23.1. The quantitative estimate of drug-likeness (QED) is 0.277. The van der Waals surface area contributed by atoms with E-state index >= 15 is 0 Å². The number of para-hydroxylation sites is 2. The lowest BCUT2D eigenvalue weighted by Crippen LogP contribution is -2.37. The summed E-state index contributed by atoms with van der Waals surface area (Å²) in [6.07, 6.45) is 0. The average Bonchev–Trinajstić information content (AvgIpc) is 3.34. The highest BCUT2D eigenvalue weighted by Gasteiger charge is 2.37. The predicted molar refractivity (Wildman–Crippen MR) is 119 cm³/mol. The molecule has 0 radical (unpaired) electrons. The number of hydrogen-bond acceptors (Lipinski definition) is 6. The molecule has 0 atom stereocenters. The number of aromatic amines is 1. The smallest absolute Gasteiger partial charge is 0.270 e. The number of aromatic nitrogens is 2. The van der Waals surface area contributed by atoms with Gasteiger partial charge in [0.05, 0.1) is 27.1 Å². The van der Waals surface area contributed by atoms with Gasteiger partial charge in [0.1, 0.15) is 12.4 Å². The summed E-state index contributed by atoms with van der Waals surface area (Å²) in [7, 11) is 0. The normalized spacial score (nSPS) is 12.8. The van der Waals surface area contributed by atoms with Crippen molar-refractivity contribution in [1.29, 1.82) is 0 Å². The van der Waals surface area contributed by atoms with Crippen LogP contribution in [0.3, 0.4) is 0 Å². The van der Waals surface area contributed by atoms with E-state index in [0.717, 1.165) is 33.6 Å². The molecule has 33 heavy (non-hydrogen) atoms. The highest BCUT2D eigenvalue weighted by Crippen LogP contribution is 2.27. The number of H-pyrrole nitrogens is 1. The summed E-state index contributed by atoms with van der Waals surface area (Å²) in [6.45, 7) is -0.508. The maximum Gasteiger partial charge on any atom is 0.270 e. The molecule has 2 N–H and O–H groups in total. The second-order valence-corrected chi connectivity index (χ2v) is 7.41. The summed E-state index contributed by atoms with van der Waals surface area (Å²) >= 11 is 0. The number of amides is 3. The van der Waals surface area contributed by atoms with Crippen LogP contribution in [-0.2, 0) is 4.79 Å². The Morgan fingerprint density at radius 2 is 1.73 bits per heavy atom. The van der Waals surface area contributed by atoms with Gasteiger partial charge in [-0.15, -0.1) is 0 Å². The lowest BCUT2D eigenvalue weighted by molar-refractivity contribution is -0.384. The standard InChI is InChI=1S/C23H15N5O5/c29-20(12-27-22(30)16-10-9-15(28(32)33)11-17(16)23(27)31)24-14-7-5-13(6-8-14)21-25-18-3-1-2-4-19(18)26-21/h1-11H,12H2,(H,24,29)(H,25,26). The summed E-state index contributed by atoms with van der Waals surface area (Å²) in [4.78, 5) is 56.3. The van der Waals surface area contributed by atoms with Gasteiger partial charge in [-0.2, -0.15) is 0 Å². The minimum Gasteiger partial charge on any atom is -0.338 e. The lowest BCUT2D eigenvalue weighted by Gasteiger charge is -2.13. The van der Waals surface area contributed by atoms with E-state index in [1.54, 1.807) is 24.3 Å². The van der Waals surface area contributed by atoms with Crippen LogP contribution in [0.15, 0.2) is 66.7 Å². The van der Waals surface area contributed by atoms with Crippen LogP contribution in [0.25, 0.3) is 22.4 Å². The number of hydrogen-bond donors (Lipinski definition) is 2. The molecule has 0 unspecified atom stereocenters. The fourth-order valence-electron chi connectivity index (χ4n) is 3.68. The highest BCUT2D eigenvalue weighted by molar-refractivity contribution is 6.23. The molecule has 0 bridgehead atoms. The van der Waals surface area contributed by atoms with E-state index in [4.69, 9.17) is 0 Å². The number of carbonyl (C=O) groups excluding carboxylic acids is 3. The number of benzene rings is 3. The van der Waals surface area contributed by atoms with E-state index in [1.165, 1.54) is 6.07 Å². The second-order valence-electron chi connectivity index (χ2n) is 7.41. The molecule has 0 aliphatic carbocycles. The molecule has 5 rings (SSSR count). The Kier molecular flexibility index (Phi) is 4.67. The molecule has 162 valence electrons. The van der Waals surface area contributed by atoms with Gasteiger partial charge in [0.25, 0.3) is 17.5 Å². The third-order valence-corrected chi connectivity index (χ3v) is 5.30. The zero-order valence-electron chi connectivity index (χ0n) is 16.9. The van der Waals surface area contributed by atoms with Crippen molar-refractivity contribution in [3.8, 4) is 11.4 Å². The number of imidazole rings is 1. The average molecular weight is 441 g/mol. The van der Waals surface area contributed by atoms with Crippen LogP contribution in [0.5, 0.6) is 0 Å². The fraction of sp³-hybridized carbons (Fsp3) is 0.0435. The second kappa shape index (κ2) is 7.68. The summed E-state index contributed by atoms with van der Waals surface area (Å²) < 4.78 is 0. The van der Waals surface area contributed by atoms with Gasteiger partial charge < -0.3 is 10.3 Å². The monoisotopic (exact) mass is 441 g/mol. The molecule has 2 heterocycles. The predicted octanol–water partition coefficient (Wildman–Crippen LogP) is 3.37. The number of fused-ring (bicyclic) bond motifs is 2. The summed E-state index contributed by atoms with van der Waals surface area (Å²) in [5.74, 6) is -1.29. The van der Waals surface area contributed by atoms with E-state index in [9.17, 15) is 24.5 Å². The van der Waals surface area contributed by atoms with Crippen LogP contribution in [0, 0.1) is 10.1 Å². The Morgan fingerprint density at radius 1 is 1.00 bits per heavy atom. The van der Waals surface area contributed by atoms with Crippen LogP contribution in [-0.4, -0.2) is 44.1 Å². The Morgan fingerprint density at radius 3 is 2.45 bits per heavy atom. The number of nitrogens with zero attached hydrogens (tertiary/aromatic N) is 3. The maximum absolute atomic E-state index is 12.5. The van der Waals surface area contributed by atoms with Crippen LogP contribution in [0.2, 0.25) is 0 Å². The lowest BCUT2D eigenvalue weighted by atomic mass is 10.1. The maximum atomic E-state index is 12.5. The molecule has 0 spiro atoms. The molecule has 1 aromatic heterocycles. The van der Waals surface area contributed by atoms with Crippen molar-refractivity contribution in [3.63, 3.8) is 0 Å². The summed E-state index contributed by atoms with van der Waals surface area (Å²) in [5.41, 5.74) is 2.71. The van der Waals surface area contributed by atoms with Gasteiger partial charge in [-0.3, -0.25) is 29.4 Å². The molecule has 3 amide bonds. The number of anilines is 1. The van der Waals surface area contributed by atoms with Gasteiger partial charge in [0, 0.05) is 23.4 Å². The van der Waals surface area contributed by atoms with Gasteiger partial charge in [-0.05, 0) is 42.5 Å². The molecular formula is C23H15N5O5. The summed E-state index contributed by atoms with van der Waals surface area (Å²) in [6, 6.07) is 18.0. The van der Waals surface area contributed by atoms with Crippen LogP contribution in [0.4, 0.5) is 11.4 Å². The largest absolute Gasteiger partial charge is 0.338 e. The Labute approximate surface area is 186 Å². The number of non-ortho nitro benzene ring substituents is 1. The first-order chi connectivity index (χ1) is 15.9. The van der Waals surface area contributed by atoms with E-state index in [0.29, 0.717) is 11.5 Å². The van der Waals surface area contributed by atoms with E-state index in [1.807, 2.05) is 24.3 Å². The third-order valence-electron chi connectivity index (χ3n) is 5.30. The molecule has 4 aromatic rings. The molecule has 0 saturated carbocycles. The van der Waals surface area contributed by atoms with Gasteiger partial charge >= 0.3 is 0 Å². The molecule has 10 nitrogen and oxygen atoms in total. The van der Waals surface area contributed by atoms with Crippen molar-refractivity contribution in [2.75, 3.05) is 11.9 Å². The van der Waals surface area contributed by atoms with Crippen LogP contribution >= 0.6 is 0 Å². The number of nitro groups is 1. The number of rotatable bonds is 5. The fourth-order valence-corrected chi connectivity index (χ4v) is 3.68. The number of nitrogens with one attached hydrogen (secondary N) is 2. The van der Waals surface area contributed by atoms with Gasteiger partial charge in [0.2, 0.25) is 5.91 Å². The number of nitro benzene ring substituents is 1. The van der Waals surface area contributed by atoms with Crippen LogP contribution < -0.4 is 5.32 Å². The zero-order valence-corrected chi connectivity index (χ0v) is 16.9. The van der Waals surface area contributed by atoms with Crippen molar-refractivity contribution in [2.24, 2.45) is 0 Å². The molecule has 3 aromatic carbocycles. The topological polar surface area (TPSA) is 138 Å². The van der Waals surface area contributed by atoms with Gasteiger partial charge in [0.15, 0.2) is 0 Å².